The van der Waals surface area contributed by atoms with Gasteiger partial charge in [0.15, 0.2) is 5.16 Å². The molecule has 1 rings (SSSR count). The van der Waals surface area contributed by atoms with E-state index in [1.807, 2.05) is 6.92 Å². The maximum atomic E-state index is 11.0. The van der Waals surface area contributed by atoms with Crippen LogP contribution in [-0.4, -0.2) is 25.9 Å². The summed E-state index contributed by atoms with van der Waals surface area (Å²) in [5.74, 6) is 0.105. The minimum Gasteiger partial charge on any atom is -0.387 e. The first-order valence-corrected chi connectivity index (χ1v) is 5.06. The monoisotopic (exact) mass is 215 g/mol. The molecule has 1 unspecified atom stereocenters. The molecule has 1 aromatic heterocycles. The minimum absolute atomic E-state index is 0.105. The summed E-state index contributed by atoms with van der Waals surface area (Å²) in [6, 6.07) is 0. The topological polar surface area (TPSA) is 101 Å². The zero-order chi connectivity index (χ0) is 10.7. The third-order valence-electron chi connectivity index (χ3n) is 1.80. The van der Waals surface area contributed by atoms with Crippen molar-refractivity contribution in [3.63, 3.8) is 0 Å². The van der Waals surface area contributed by atoms with Crippen molar-refractivity contribution in [1.82, 2.24) is 14.8 Å². The summed E-state index contributed by atoms with van der Waals surface area (Å²) in [7, 11) is 1.63. The van der Waals surface area contributed by atoms with Crippen LogP contribution in [0.15, 0.2) is 9.95 Å². The first kappa shape index (κ1) is 10.8. The average molecular weight is 215 g/mol. The lowest BCUT2D eigenvalue weighted by Crippen LogP contribution is -2.25. The van der Waals surface area contributed by atoms with Crippen LogP contribution in [0.25, 0.3) is 0 Å². The Balaban J connectivity index is 2.82. The molecule has 7 heteroatoms. The van der Waals surface area contributed by atoms with Crippen molar-refractivity contribution in [3.8, 4) is 0 Å². The molecule has 0 fully saturated rings. The summed E-state index contributed by atoms with van der Waals surface area (Å²) in [6.45, 7) is 1.93. The molecule has 14 heavy (non-hydrogen) atoms. The van der Waals surface area contributed by atoms with E-state index in [1.54, 1.807) is 7.05 Å². The number of nitrogens with zero attached hydrogens (tertiary/aromatic N) is 2. The summed E-state index contributed by atoms with van der Waals surface area (Å²) < 4.78 is 1.40. The van der Waals surface area contributed by atoms with E-state index in [-0.39, 0.29) is 16.8 Å². The van der Waals surface area contributed by atoms with Gasteiger partial charge in [0.25, 0.3) is 0 Å². The molecular weight excluding hydrogens is 202 g/mol. The van der Waals surface area contributed by atoms with E-state index in [0.717, 1.165) is 6.42 Å². The number of hydrogen-bond donors (Lipinski definition) is 3. The minimum atomic E-state index is -0.258. The highest BCUT2D eigenvalue weighted by molar-refractivity contribution is 8.00. The lowest BCUT2D eigenvalue weighted by molar-refractivity contribution is 0.763. The maximum Gasteiger partial charge on any atom is 0.343 e. The molecule has 1 atom stereocenters. The second-order valence-electron chi connectivity index (χ2n) is 2.84. The van der Waals surface area contributed by atoms with Gasteiger partial charge in [-0.2, -0.15) is 0 Å². The van der Waals surface area contributed by atoms with Crippen molar-refractivity contribution in [2.24, 2.45) is 12.8 Å². The molecule has 0 spiro atoms. The zero-order valence-corrected chi connectivity index (χ0v) is 8.89. The molecule has 0 saturated heterocycles. The van der Waals surface area contributed by atoms with Crippen LogP contribution >= 0.6 is 11.8 Å². The van der Waals surface area contributed by atoms with Crippen molar-refractivity contribution in [2.45, 2.75) is 23.8 Å². The number of amidine groups is 1. The Labute approximate surface area is 85.4 Å². The number of aromatic nitrogens is 3. The van der Waals surface area contributed by atoms with Crippen molar-refractivity contribution in [3.05, 3.63) is 10.5 Å². The molecule has 0 aliphatic rings. The predicted molar refractivity (Wildman–Crippen MR) is 55.7 cm³/mol. The number of aromatic amines is 1. The number of nitrogens with one attached hydrogen (secondary N) is 2. The molecule has 6 nitrogen and oxygen atoms in total. The third-order valence-corrected chi connectivity index (χ3v) is 3.25. The van der Waals surface area contributed by atoms with E-state index < -0.39 is 0 Å². The van der Waals surface area contributed by atoms with E-state index in [4.69, 9.17) is 11.1 Å². The van der Waals surface area contributed by atoms with Crippen LogP contribution in [0.2, 0.25) is 0 Å². The van der Waals surface area contributed by atoms with Gasteiger partial charge in [0, 0.05) is 7.05 Å². The van der Waals surface area contributed by atoms with Gasteiger partial charge in [0.05, 0.1) is 5.25 Å². The van der Waals surface area contributed by atoms with Crippen molar-refractivity contribution in [2.75, 3.05) is 0 Å². The quantitative estimate of drug-likeness (QED) is 0.371. The van der Waals surface area contributed by atoms with Gasteiger partial charge in [-0.1, -0.05) is 18.7 Å². The van der Waals surface area contributed by atoms with Crippen LogP contribution in [0.4, 0.5) is 0 Å². The zero-order valence-electron chi connectivity index (χ0n) is 8.07. The van der Waals surface area contributed by atoms with Crippen molar-refractivity contribution in [1.29, 1.82) is 5.41 Å². The van der Waals surface area contributed by atoms with Gasteiger partial charge in [-0.3, -0.25) is 9.98 Å². The normalized spacial score (nSPS) is 12.7. The molecule has 4 N–H and O–H groups in total. The molecule has 78 valence electrons. The Hall–Kier alpha value is -1.24. The summed E-state index contributed by atoms with van der Waals surface area (Å²) in [5.41, 5.74) is 5.13. The Morgan fingerprint density at radius 2 is 2.50 bits per heavy atom. The van der Waals surface area contributed by atoms with Crippen molar-refractivity contribution < 1.29 is 0 Å². The van der Waals surface area contributed by atoms with Crippen LogP contribution in [0, 0.1) is 5.41 Å². The molecule has 0 radical (unpaired) electrons. The third kappa shape index (κ3) is 2.16. The van der Waals surface area contributed by atoms with Gasteiger partial charge < -0.3 is 5.73 Å². The van der Waals surface area contributed by atoms with Crippen LogP contribution in [0.5, 0.6) is 0 Å². The van der Waals surface area contributed by atoms with Gasteiger partial charge in [-0.15, -0.1) is 5.10 Å². The lowest BCUT2D eigenvalue weighted by Gasteiger charge is -2.10. The molecule has 0 bridgehead atoms. The van der Waals surface area contributed by atoms with E-state index in [1.165, 1.54) is 16.3 Å². The average Bonchev–Trinajstić information content (AvgIpc) is 2.44. The standard InChI is InChI=1S/C7H13N5OS/c1-3-4(5(8)9)14-7-11-10-6(13)12(7)2/h4H,3H2,1-2H3,(H3,8,9)(H,10,13). The van der Waals surface area contributed by atoms with E-state index in [9.17, 15) is 4.79 Å². The predicted octanol–water partition coefficient (Wildman–Crippen LogP) is -0.0849. The largest absolute Gasteiger partial charge is 0.387 e. The Morgan fingerprint density at radius 3 is 2.86 bits per heavy atom. The number of H-pyrrole nitrogens is 1. The Kier molecular flexibility index (Phi) is 3.34. The number of nitrogens with two attached hydrogens (primary N) is 1. The highest BCUT2D eigenvalue weighted by atomic mass is 32.2. The summed E-state index contributed by atoms with van der Waals surface area (Å²) in [5, 5.41) is 13.9. The fourth-order valence-electron chi connectivity index (χ4n) is 0.932. The van der Waals surface area contributed by atoms with E-state index in [2.05, 4.69) is 10.2 Å². The van der Waals surface area contributed by atoms with E-state index in [0.29, 0.717) is 5.16 Å². The number of thioether (sulfide) groups is 1. The Morgan fingerprint density at radius 1 is 1.86 bits per heavy atom. The smallest absolute Gasteiger partial charge is 0.343 e. The van der Waals surface area contributed by atoms with Crippen LogP contribution < -0.4 is 11.4 Å². The Bertz CT molecular complexity index is 382. The number of hydrogen-bond acceptors (Lipinski definition) is 4. The lowest BCUT2D eigenvalue weighted by atomic mass is 10.3. The molecule has 0 amide bonds. The highest BCUT2D eigenvalue weighted by Crippen LogP contribution is 2.21. The summed E-state index contributed by atoms with van der Waals surface area (Å²) >= 11 is 1.32. The fraction of sp³-hybridized carbons (Fsp3) is 0.571. The first-order chi connectivity index (χ1) is 6.56. The van der Waals surface area contributed by atoms with Gasteiger partial charge in [-0.25, -0.2) is 9.89 Å². The molecular formula is C7H13N5OS. The van der Waals surface area contributed by atoms with Gasteiger partial charge >= 0.3 is 5.69 Å². The molecule has 0 aliphatic carbocycles. The molecule has 1 aromatic rings. The summed E-state index contributed by atoms with van der Waals surface area (Å²) in [4.78, 5) is 11.0. The van der Waals surface area contributed by atoms with Gasteiger partial charge in [-0.05, 0) is 6.42 Å². The van der Waals surface area contributed by atoms with E-state index >= 15 is 0 Å². The SMILES string of the molecule is CCC(Sc1n[nH]c(=O)n1C)C(=N)N. The maximum absolute atomic E-state index is 11.0. The second kappa shape index (κ2) is 4.32. The van der Waals surface area contributed by atoms with Crippen LogP contribution in [0.3, 0.4) is 0 Å². The summed E-state index contributed by atoms with van der Waals surface area (Å²) in [6.07, 6.45) is 0.737. The van der Waals surface area contributed by atoms with Crippen LogP contribution in [-0.2, 0) is 7.05 Å². The number of rotatable bonds is 4. The molecule has 0 aliphatic heterocycles. The highest BCUT2D eigenvalue weighted by Gasteiger charge is 2.15. The fourth-order valence-corrected chi connectivity index (χ4v) is 1.82. The first-order valence-electron chi connectivity index (χ1n) is 4.18. The molecule has 0 aromatic carbocycles. The molecule has 1 heterocycles. The van der Waals surface area contributed by atoms with Crippen LogP contribution in [0.1, 0.15) is 13.3 Å². The van der Waals surface area contributed by atoms with Gasteiger partial charge in [0.1, 0.15) is 5.84 Å². The van der Waals surface area contributed by atoms with Gasteiger partial charge in [0.2, 0.25) is 0 Å². The molecule has 0 saturated carbocycles. The van der Waals surface area contributed by atoms with Crippen molar-refractivity contribution >= 4 is 17.6 Å². The second-order valence-corrected chi connectivity index (χ2v) is 4.01.